The summed E-state index contributed by atoms with van der Waals surface area (Å²) in [6.07, 6.45) is 0. The summed E-state index contributed by atoms with van der Waals surface area (Å²) in [7, 11) is -3.47. The van der Waals surface area contributed by atoms with Crippen molar-refractivity contribution in [1.82, 2.24) is 4.72 Å². The zero-order chi connectivity index (χ0) is 13.9. The fraction of sp³-hybridized carbons (Fsp3) is 0.200. The quantitative estimate of drug-likeness (QED) is 0.932. The summed E-state index contributed by atoms with van der Waals surface area (Å²) in [4.78, 5) is 0.292. The minimum Gasteiger partial charge on any atom is -0.207 e. The molecule has 0 aromatic heterocycles. The van der Waals surface area contributed by atoms with Crippen molar-refractivity contribution in [2.45, 2.75) is 24.8 Å². The van der Waals surface area contributed by atoms with Crippen LogP contribution in [0.1, 0.15) is 24.1 Å². The maximum absolute atomic E-state index is 12.2. The van der Waals surface area contributed by atoms with Crippen molar-refractivity contribution in [3.8, 4) is 0 Å². The molecule has 3 nitrogen and oxygen atoms in total. The fourth-order valence-electron chi connectivity index (χ4n) is 1.83. The highest BCUT2D eigenvalue weighted by molar-refractivity contribution is 7.89. The lowest BCUT2D eigenvalue weighted by Gasteiger charge is -2.14. The number of hydrogen-bond donors (Lipinski definition) is 1. The van der Waals surface area contributed by atoms with E-state index in [2.05, 4.69) is 4.72 Å². The summed E-state index contributed by atoms with van der Waals surface area (Å²) in [5.41, 5.74) is 1.98. The van der Waals surface area contributed by atoms with Crippen molar-refractivity contribution in [3.63, 3.8) is 0 Å². The van der Waals surface area contributed by atoms with Crippen molar-refractivity contribution < 1.29 is 8.42 Å². The van der Waals surface area contributed by atoms with Gasteiger partial charge in [0.05, 0.1) is 4.90 Å². The van der Waals surface area contributed by atoms with E-state index >= 15 is 0 Å². The summed E-state index contributed by atoms with van der Waals surface area (Å²) < 4.78 is 27.1. The van der Waals surface area contributed by atoms with E-state index in [1.54, 1.807) is 24.3 Å². The van der Waals surface area contributed by atoms with Crippen molar-refractivity contribution in [3.05, 3.63) is 65.7 Å². The number of benzene rings is 2. The molecular weight excluding hydrogens is 258 g/mol. The van der Waals surface area contributed by atoms with Gasteiger partial charge in [0.15, 0.2) is 0 Å². The Morgan fingerprint density at radius 1 is 0.947 bits per heavy atom. The number of nitrogens with one attached hydrogen (secondary N) is 1. The van der Waals surface area contributed by atoms with E-state index in [0.29, 0.717) is 4.90 Å². The summed E-state index contributed by atoms with van der Waals surface area (Å²) in [6, 6.07) is 16.1. The lowest BCUT2D eigenvalue weighted by molar-refractivity contribution is 0.567. The normalized spacial score (nSPS) is 13.2. The third kappa shape index (κ3) is 3.43. The van der Waals surface area contributed by atoms with E-state index in [0.717, 1.165) is 11.1 Å². The Balaban J connectivity index is 2.20. The van der Waals surface area contributed by atoms with E-state index in [-0.39, 0.29) is 6.04 Å². The third-order valence-electron chi connectivity index (χ3n) is 2.96. The first-order valence-corrected chi connectivity index (χ1v) is 7.61. The second-order valence-electron chi connectivity index (χ2n) is 4.57. The van der Waals surface area contributed by atoms with Gasteiger partial charge in [-0.3, -0.25) is 0 Å². The highest BCUT2D eigenvalue weighted by atomic mass is 32.2. The van der Waals surface area contributed by atoms with Crippen LogP contribution in [-0.4, -0.2) is 8.42 Å². The van der Waals surface area contributed by atoms with E-state index in [1.807, 2.05) is 44.2 Å². The predicted octanol–water partition coefficient (Wildman–Crippen LogP) is 3.03. The third-order valence-corrected chi connectivity index (χ3v) is 4.52. The highest BCUT2D eigenvalue weighted by Crippen LogP contribution is 2.16. The Labute approximate surface area is 114 Å². The molecule has 0 aliphatic rings. The summed E-state index contributed by atoms with van der Waals surface area (Å²) in [6.45, 7) is 3.76. The Morgan fingerprint density at radius 2 is 1.53 bits per heavy atom. The Morgan fingerprint density at radius 3 is 2.11 bits per heavy atom. The number of rotatable bonds is 4. The summed E-state index contributed by atoms with van der Waals surface area (Å²) in [5, 5.41) is 0. The van der Waals surface area contributed by atoms with Gasteiger partial charge in [-0.05, 0) is 31.5 Å². The van der Waals surface area contributed by atoms with Gasteiger partial charge in [0.2, 0.25) is 10.0 Å². The average molecular weight is 275 g/mol. The van der Waals surface area contributed by atoms with Gasteiger partial charge in [0.1, 0.15) is 0 Å². The molecule has 0 amide bonds. The van der Waals surface area contributed by atoms with Gasteiger partial charge in [-0.1, -0.05) is 48.0 Å². The van der Waals surface area contributed by atoms with Crippen molar-refractivity contribution >= 4 is 10.0 Å². The monoisotopic (exact) mass is 275 g/mol. The maximum Gasteiger partial charge on any atom is 0.241 e. The Bertz CT molecular complexity index is 634. The van der Waals surface area contributed by atoms with Crippen LogP contribution in [0.2, 0.25) is 0 Å². The molecule has 19 heavy (non-hydrogen) atoms. The van der Waals surface area contributed by atoms with Gasteiger partial charge in [-0.15, -0.1) is 0 Å². The van der Waals surface area contributed by atoms with Crippen LogP contribution in [0, 0.1) is 6.92 Å². The number of aryl methyl sites for hydroxylation is 1. The molecule has 1 atom stereocenters. The van der Waals surface area contributed by atoms with Crippen LogP contribution in [0.4, 0.5) is 0 Å². The van der Waals surface area contributed by atoms with Crippen molar-refractivity contribution in [1.29, 1.82) is 0 Å². The summed E-state index contributed by atoms with van der Waals surface area (Å²) >= 11 is 0. The standard InChI is InChI=1S/C15H17NO2S/c1-12-8-10-15(11-9-12)19(17,18)16-13(2)14-6-4-3-5-7-14/h3-11,13,16H,1-2H3/t13-/m0/s1. The van der Waals surface area contributed by atoms with Gasteiger partial charge in [-0.25, -0.2) is 13.1 Å². The van der Waals surface area contributed by atoms with Crippen molar-refractivity contribution in [2.24, 2.45) is 0 Å². The van der Waals surface area contributed by atoms with Crippen LogP contribution in [0.3, 0.4) is 0 Å². The lowest BCUT2D eigenvalue weighted by Crippen LogP contribution is -2.26. The van der Waals surface area contributed by atoms with Gasteiger partial charge >= 0.3 is 0 Å². The molecule has 0 bridgehead atoms. The van der Waals surface area contributed by atoms with Crippen LogP contribution in [-0.2, 0) is 10.0 Å². The molecule has 2 rings (SSSR count). The first kappa shape index (κ1) is 13.8. The van der Waals surface area contributed by atoms with Crippen molar-refractivity contribution in [2.75, 3.05) is 0 Å². The smallest absolute Gasteiger partial charge is 0.207 e. The summed E-state index contributed by atoms with van der Waals surface area (Å²) in [5.74, 6) is 0. The predicted molar refractivity (Wildman–Crippen MR) is 76.4 cm³/mol. The molecule has 2 aromatic rings. The molecule has 0 aliphatic heterocycles. The molecule has 0 radical (unpaired) electrons. The average Bonchev–Trinajstić information content (AvgIpc) is 2.40. The first-order valence-electron chi connectivity index (χ1n) is 6.13. The zero-order valence-corrected chi connectivity index (χ0v) is 11.8. The molecule has 100 valence electrons. The molecule has 0 saturated carbocycles. The molecule has 0 unspecified atom stereocenters. The molecule has 0 aliphatic carbocycles. The van der Waals surface area contributed by atoms with Crippen LogP contribution in [0.25, 0.3) is 0 Å². The van der Waals surface area contributed by atoms with E-state index in [4.69, 9.17) is 0 Å². The molecule has 4 heteroatoms. The van der Waals surface area contributed by atoms with Gasteiger partial charge < -0.3 is 0 Å². The lowest BCUT2D eigenvalue weighted by atomic mass is 10.1. The molecule has 0 spiro atoms. The molecule has 0 fully saturated rings. The Hall–Kier alpha value is -1.65. The first-order chi connectivity index (χ1) is 8.99. The van der Waals surface area contributed by atoms with Gasteiger partial charge in [0.25, 0.3) is 0 Å². The minimum absolute atomic E-state index is 0.257. The second kappa shape index (κ2) is 5.55. The van der Waals surface area contributed by atoms with Gasteiger partial charge in [0, 0.05) is 6.04 Å². The second-order valence-corrected chi connectivity index (χ2v) is 6.28. The highest BCUT2D eigenvalue weighted by Gasteiger charge is 2.17. The van der Waals surface area contributed by atoms with Gasteiger partial charge in [-0.2, -0.15) is 0 Å². The zero-order valence-electron chi connectivity index (χ0n) is 11.0. The van der Waals surface area contributed by atoms with Crippen LogP contribution in [0.5, 0.6) is 0 Å². The fourth-order valence-corrected chi connectivity index (χ4v) is 3.06. The van der Waals surface area contributed by atoms with Crippen LogP contribution in [0.15, 0.2) is 59.5 Å². The van der Waals surface area contributed by atoms with Crippen LogP contribution >= 0.6 is 0 Å². The number of sulfonamides is 1. The minimum atomic E-state index is -3.47. The Kier molecular flexibility index (Phi) is 4.02. The largest absolute Gasteiger partial charge is 0.241 e. The van der Waals surface area contributed by atoms with E-state index in [1.165, 1.54) is 0 Å². The van der Waals surface area contributed by atoms with E-state index < -0.39 is 10.0 Å². The molecule has 1 N–H and O–H groups in total. The topological polar surface area (TPSA) is 46.2 Å². The molecule has 2 aromatic carbocycles. The number of hydrogen-bond acceptors (Lipinski definition) is 2. The molecule has 0 saturated heterocycles. The molecular formula is C15H17NO2S. The van der Waals surface area contributed by atoms with E-state index in [9.17, 15) is 8.42 Å². The SMILES string of the molecule is Cc1ccc(S(=O)(=O)N[C@@H](C)c2ccccc2)cc1. The van der Waals surface area contributed by atoms with Crippen LogP contribution < -0.4 is 4.72 Å². The maximum atomic E-state index is 12.2. The molecule has 0 heterocycles.